The second-order valence-electron chi connectivity index (χ2n) is 8.95. The number of hydrogen-bond acceptors (Lipinski definition) is 2. The van der Waals surface area contributed by atoms with Gasteiger partial charge in [-0.1, -0.05) is 31.2 Å². The number of carbonyl (C=O) groups excluding carboxylic acids is 1. The van der Waals surface area contributed by atoms with E-state index < -0.39 is 5.60 Å². The average molecular weight is 327 g/mol. The molecule has 24 heavy (non-hydrogen) atoms. The molecule has 2 saturated carbocycles. The first kappa shape index (κ1) is 16.1. The molecule has 3 nitrogen and oxygen atoms in total. The molecule has 1 aromatic carbocycles. The van der Waals surface area contributed by atoms with Crippen LogP contribution in [0.25, 0.3) is 0 Å². The van der Waals surface area contributed by atoms with Crippen LogP contribution in [0.5, 0.6) is 0 Å². The number of hydrogen-bond donors (Lipinski definition) is 1. The minimum absolute atomic E-state index is 0.0741. The highest BCUT2D eigenvalue weighted by Gasteiger charge is 2.55. The van der Waals surface area contributed by atoms with Crippen molar-refractivity contribution in [3.63, 3.8) is 0 Å². The molecule has 2 aliphatic carbocycles. The van der Waals surface area contributed by atoms with Gasteiger partial charge in [0, 0.05) is 24.4 Å². The lowest BCUT2D eigenvalue weighted by Gasteiger charge is -2.60. The predicted octanol–water partition coefficient (Wildman–Crippen LogP) is 3.19. The Morgan fingerprint density at radius 1 is 1.21 bits per heavy atom. The molecule has 1 heterocycles. The Bertz CT molecular complexity index is 629. The highest BCUT2D eigenvalue weighted by molar-refractivity contribution is 5.81. The number of aryl methyl sites for hydroxylation is 1. The molecule has 0 radical (unpaired) electrons. The van der Waals surface area contributed by atoms with E-state index in [0.717, 1.165) is 25.4 Å². The molecule has 0 unspecified atom stereocenters. The minimum Gasteiger partial charge on any atom is -0.390 e. The summed E-state index contributed by atoms with van der Waals surface area (Å²) in [4.78, 5) is 14.4. The van der Waals surface area contributed by atoms with Crippen LogP contribution < -0.4 is 0 Å². The maximum absolute atomic E-state index is 12.4. The lowest BCUT2D eigenvalue weighted by Crippen LogP contribution is -2.66. The van der Waals surface area contributed by atoms with Gasteiger partial charge in [-0.2, -0.15) is 0 Å². The first-order chi connectivity index (χ1) is 11.4. The molecular formula is C21H29NO2. The fourth-order valence-electron chi connectivity index (χ4n) is 5.23. The SMILES string of the molecule is CCc1cccc(CC2CC3(C2)CN(C(=O)C2CC(C)(O)C2)C3)c1. The smallest absolute Gasteiger partial charge is 0.225 e. The number of benzene rings is 1. The van der Waals surface area contributed by atoms with Gasteiger partial charge in [-0.05, 0) is 62.5 Å². The van der Waals surface area contributed by atoms with Gasteiger partial charge in [-0.15, -0.1) is 0 Å². The molecule has 3 heteroatoms. The second-order valence-corrected chi connectivity index (χ2v) is 8.95. The van der Waals surface area contributed by atoms with E-state index >= 15 is 0 Å². The predicted molar refractivity (Wildman–Crippen MR) is 94.6 cm³/mol. The molecule has 3 fully saturated rings. The van der Waals surface area contributed by atoms with Crippen LogP contribution in [-0.4, -0.2) is 34.6 Å². The summed E-state index contributed by atoms with van der Waals surface area (Å²) in [6, 6.07) is 8.99. The van der Waals surface area contributed by atoms with Crippen LogP contribution in [0, 0.1) is 17.3 Å². The summed E-state index contributed by atoms with van der Waals surface area (Å²) in [5, 5.41) is 9.81. The van der Waals surface area contributed by atoms with Crippen molar-refractivity contribution in [2.75, 3.05) is 13.1 Å². The molecule has 3 aliphatic rings. The van der Waals surface area contributed by atoms with Gasteiger partial charge in [0.15, 0.2) is 0 Å². The molecule has 1 aromatic rings. The third-order valence-electron chi connectivity index (χ3n) is 6.45. The summed E-state index contributed by atoms with van der Waals surface area (Å²) in [6.07, 6.45) is 6.13. The highest BCUT2D eigenvalue weighted by Crippen LogP contribution is 2.53. The molecule has 1 spiro atoms. The normalized spacial score (nSPS) is 31.3. The molecule has 0 aromatic heterocycles. The van der Waals surface area contributed by atoms with E-state index in [9.17, 15) is 9.90 Å². The van der Waals surface area contributed by atoms with Gasteiger partial charge in [0.2, 0.25) is 5.91 Å². The van der Waals surface area contributed by atoms with Crippen molar-refractivity contribution in [2.24, 2.45) is 17.3 Å². The zero-order valence-electron chi connectivity index (χ0n) is 14.9. The third kappa shape index (κ3) is 2.88. The molecule has 1 N–H and O–H groups in total. The Kier molecular flexibility index (Phi) is 3.76. The highest BCUT2D eigenvalue weighted by atomic mass is 16.3. The van der Waals surface area contributed by atoms with Crippen LogP contribution >= 0.6 is 0 Å². The Balaban J connectivity index is 1.23. The van der Waals surface area contributed by atoms with E-state index in [0.29, 0.717) is 18.3 Å². The Hall–Kier alpha value is -1.35. The van der Waals surface area contributed by atoms with Crippen LogP contribution in [-0.2, 0) is 17.6 Å². The number of rotatable bonds is 4. The van der Waals surface area contributed by atoms with Gasteiger partial charge >= 0.3 is 0 Å². The first-order valence-electron chi connectivity index (χ1n) is 9.47. The lowest BCUT2D eigenvalue weighted by molar-refractivity contribution is -0.171. The Labute approximate surface area is 145 Å². The molecule has 130 valence electrons. The molecule has 1 amide bonds. The van der Waals surface area contributed by atoms with Gasteiger partial charge in [0.05, 0.1) is 5.60 Å². The maximum Gasteiger partial charge on any atom is 0.225 e. The molecule has 1 saturated heterocycles. The van der Waals surface area contributed by atoms with Crippen molar-refractivity contribution < 1.29 is 9.90 Å². The van der Waals surface area contributed by atoms with Gasteiger partial charge < -0.3 is 10.0 Å². The fourth-order valence-corrected chi connectivity index (χ4v) is 5.23. The van der Waals surface area contributed by atoms with Crippen LogP contribution in [0.2, 0.25) is 0 Å². The molecule has 0 atom stereocenters. The minimum atomic E-state index is -0.600. The summed E-state index contributed by atoms with van der Waals surface area (Å²) in [6.45, 7) is 5.95. The number of nitrogens with zero attached hydrogens (tertiary/aromatic N) is 1. The van der Waals surface area contributed by atoms with Crippen molar-refractivity contribution >= 4 is 5.91 Å². The van der Waals surface area contributed by atoms with Crippen LogP contribution in [0.1, 0.15) is 50.7 Å². The molecule has 0 bridgehead atoms. The molecule has 4 rings (SSSR count). The number of aliphatic hydroxyl groups is 1. The number of amides is 1. The van der Waals surface area contributed by atoms with Crippen molar-refractivity contribution in [2.45, 2.75) is 58.0 Å². The first-order valence-corrected chi connectivity index (χ1v) is 9.47. The van der Waals surface area contributed by atoms with Crippen LogP contribution in [0.4, 0.5) is 0 Å². The third-order valence-corrected chi connectivity index (χ3v) is 6.45. The number of likely N-dealkylation sites (tertiary alicyclic amines) is 1. The quantitative estimate of drug-likeness (QED) is 0.922. The summed E-state index contributed by atoms with van der Waals surface area (Å²) in [5.74, 6) is 1.15. The van der Waals surface area contributed by atoms with E-state index in [2.05, 4.69) is 31.2 Å². The van der Waals surface area contributed by atoms with Crippen molar-refractivity contribution in [1.82, 2.24) is 4.90 Å². The van der Waals surface area contributed by atoms with Gasteiger partial charge in [-0.3, -0.25) is 4.79 Å². The van der Waals surface area contributed by atoms with Crippen molar-refractivity contribution in [3.8, 4) is 0 Å². The Morgan fingerprint density at radius 3 is 2.50 bits per heavy atom. The fraction of sp³-hybridized carbons (Fsp3) is 0.667. The van der Waals surface area contributed by atoms with E-state index in [-0.39, 0.29) is 11.8 Å². The van der Waals surface area contributed by atoms with E-state index in [1.54, 1.807) is 0 Å². The zero-order valence-corrected chi connectivity index (χ0v) is 14.9. The number of carbonyl (C=O) groups is 1. The Morgan fingerprint density at radius 2 is 1.88 bits per heavy atom. The summed E-state index contributed by atoms with van der Waals surface area (Å²) >= 11 is 0. The van der Waals surface area contributed by atoms with Crippen LogP contribution in [0.3, 0.4) is 0 Å². The standard InChI is InChI=1S/C21H29NO2/c1-3-15-5-4-6-16(7-15)8-17-9-21(10-17)13-22(14-21)19(23)18-11-20(2,24)12-18/h4-7,17-18,24H,3,8-14H2,1-2H3. The summed E-state index contributed by atoms with van der Waals surface area (Å²) in [5.41, 5.74) is 2.73. The van der Waals surface area contributed by atoms with Crippen LogP contribution in [0.15, 0.2) is 24.3 Å². The zero-order chi connectivity index (χ0) is 16.9. The monoisotopic (exact) mass is 327 g/mol. The molecular weight excluding hydrogens is 298 g/mol. The largest absolute Gasteiger partial charge is 0.390 e. The van der Waals surface area contributed by atoms with E-state index in [1.165, 1.54) is 30.4 Å². The van der Waals surface area contributed by atoms with E-state index in [4.69, 9.17) is 0 Å². The maximum atomic E-state index is 12.4. The average Bonchev–Trinajstić information content (AvgIpc) is 2.45. The lowest BCUT2D eigenvalue weighted by atomic mass is 9.56. The van der Waals surface area contributed by atoms with Crippen molar-refractivity contribution in [3.05, 3.63) is 35.4 Å². The summed E-state index contributed by atoms with van der Waals surface area (Å²) in [7, 11) is 0. The second kappa shape index (κ2) is 5.59. The summed E-state index contributed by atoms with van der Waals surface area (Å²) < 4.78 is 0. The topological polar surface area (TPSA) is 40.5 Å². The van der Waals surface area contributed by atoms with Gasteiger partial charge in [-0.25, -0.2) is 0 Å². The van der Waals surface area contributed by atoms with Crippen molar-refractivity contribution in [1.29, 1.82) is 0 Å². The molecule has 1 aliphatic heterocycles. The van der Waals surface area contributed by atoms with Gasteiger partial charge in [0.25, 0.3) is 0 Å². The van der Waals surface area contributed by atoms with E-state index in [1.807, 2.05) is 11.8 Å². The van der Waals surface area contributed by atoms with Gasteiger partial charge in [0.1, 0.15) is 0 Å².